The fourth-order valence-corrected chi connectivity index (χ4v) is 4.43. The van der Waals surface area contributed by atoms with Gasteiger partial charge in [-0.05, 0) is 43.5 Å². The molecule has 0 spiro atoms. The minimum absolute atomic E-state index is 0. The maximum atomic E-state index is 12.1. The van der Waals surface area contributed by atoms with E-state index in [0.717, 1.165) is 24.6 Å². The van der Waals surface area contributed by atoms with Gasteiger partial charge in [0.05, 0.1) is 4.90 Å². The van der Waals surface area contributed by atoms with E-state index in [1.165, 1.54) is 50.6 Å². The van der Waals surface area contributed by atoms with Gasteiger partial charge < -0.3 is 10.6 Å². The van der Waals surface area contributed by atoms with E-state index in [9.17, 15) is 8.42 Å². The minimum Gasteiger partial charge on any atom is -0.355 e. The van der Waals surface area contributed by atoms with Gasteiger partial charge >= 0.3 is 0 Å². The van der Waals surface area contributed by atoms with Crippen molar-refractivity contribution in [3.05, 3.63) is 29.8 Å². The van der Waals surface area contributed by atoms with Gasteiger partial charge in [-0.25, -0.2) is 12.7 Å². The Morgan fingerprint density at radius 2 is 1.90 bits per heavy atom. The standard InChI is InChI=1S/C20H35N5O2S.HI/c1-5-18-8-6-7-14-25(18)15-13-22-20(21-2)23-16-17-9-11-19(12-10-17)28(26,27)24(3)4;/h9-12,18H,5-8,13-16H2,1-4H3,(H2,21,22,23);1H. The first-order valence-corrected chi connectivity index (χ1v) is 11.5. The molecule has 0 aromatic heterocycles. The normalized spacial score (nSPS) is 18.4. The van der Waals surface area contributed by atoms with E-state index in [0.29, 0.717) is 17.5 Å². The van der Waals surface area contributed by atoms with Crippen LogP contribution in [0.1, 0.15) is 38.2 Å². The van der Waals surface area contributed by atoms with Crippen molar-refractivity contribution in [3.8, 4) is 0 Å². The van der Waals surface area contributed by atoms with Crippen LogP contribution < -0.4 is 10.6 Å². The van der Waals surface area contributed by atoms with E-state index < -0.39 is 10.0 Å². The molecule has 2 N–H and O–H groups in total. The quantitative estimate of drug-likeness (QED) is 0.303. The zero-order chi connectivity index (χ0) is 20.6. The molecule has 1 fully saturated rings. The Bertz CT molecular complexity index is 738. The lowest BCUT2D eigenvalue weighted by Crippen LogP contribution is -2.45. The van der Waals surface area contributed by atoms with Crippen molar-refractivity contribution in [2.45, 2.75) is 50.1 Å². The fraction of sp³-hybridized carbons (Fsp3) is 0.650. The molecule has 0 bridgehead atoms. The van der Waals surface area contributed by atoms with E-state index >= 15 is 0 Å². The Labute approximate surface area is 193 Å². The maximum Gasteiger partial charge on any atom is 0.242 e. The number of aliphatic imine (C=N–C) groups is 1. The smallest absolute Gasteiger partial charge is 0.242 e. The Balaban J connectivity index is 0.00000420. The van der Waals surface area contributed by atoms with Crippen LogP contribution in [0.2, 0.25) is 0 Å². The second kappa shape index (κ2) is 12.7. The predicted molar refractivity (Wildman–Crippen MR) is 130 cm³/mol. The van der Waals surface area contributed by atoms with Gasteiger partial charge in [0.15, 0.2) is 5.96 Å². The molecule has 0 aliphatic carbocycles. The van der Waals surface area contributed by atoms with E-state index in [4.69, 9.17) is 0 Å². The highest BCUT2D eigenvalue weighted by Gasteiger charge is 2.20. The summed E-state index contributed by atoms with van der Waals surface area (Å²) in [6, 6.07) is 7.66. The number of hydrogen-bond donors (Lipinski definition) is 2. The van der Waals surface area contributed by atoms with Crippen molar-refractivity contribution in [2.75, 3.05) is 40.8 Å². The molecule has 1 aliphatic heterocycles. The highest BCUT2D eigenvalue weighted by atomic mass is 127. The first-order valence-electron chi connectivity index (χ1n) is 10.1. The maximum absolute atomic E-state index is 12.1. The molecule has 7 nitrogen and oxygen atoms in total. The van der Waals surface area contributed by atoms with Crippen molar-refractivity contribution in [1.82, 2.24) is 19.8 Å². The summed E-state index contributed by atoms with van der Waals surface area (Å²) in [6.07, 6.45) is 5.17. The van der Waals surface area contributed by atoms with Crippen molar-refractivity contribution < 1.29 is 8.42 Å². The van der Waals surface area contributed by atoms with E-state index in [1.807, 2.05) is 12.1 Å². The van der Waals surface area contributed by atoms with Crippen molar-refractivity contribution >= 4 is 40.0 Å². The summed E-state index contributed by atoms with van der Waals surface area (Å²) in [4.78, 5) is 7.16. The van der Waals surface area contributed by atoms with Gasteiger partial charge in [-0.3, -0.25) is 9.89 Å². The number of guanidine groups is 1. The molecule has 0 radical (unpaired) electrons. The van der Waals surface area contributed by atoms with Crippen LogP contribution in [0.3, 0.4) is 0 Å². The Morgan fingerprint density at radius 1 is 1.21 bits per heavy atom. The van der Waals surface area contributed by atoms with Crippen LogP contribution in [0, 0.1) is 0 Å². The molecule has 1 aromatic rings. The largest absolute Gasteiger partial charge is 0.355 e. The van der Waals surface area contributed by atoms with Gasteiger partial charge in [-0.1, -0.05) is 25.5 Å². The van der Waals surface area contributed by atoms with Crippen LogP contribution in [0.15, 0.2) is 34.2 Å². The lowest BCUT2D eigenvalue weighted by Gasteiger charge is -2.35. The molecule has 29 heavy (non-hydrogen) atoms. The molecule has 2 rings (SSSR count). The third-order valence-corrected chi connectivity index (χ3v) is 7.13. The zero-order valence-corrected chi connectivity index (χ0v) is 21.2. The first-order chi connectivity index (χ1) is 13.4. The topological polar surface area (TPSA) is 77.0 Å². The third-order valence-electron chi connectivity index (χ3n) is 5.30. The molecule has 1 saturated heterocycles. The highest BCUT2D eigenvalue weighted by molar-refractivity contribution is 14.0. The molecule has 1 aliphatic rings. The number of hydrogen-bond acceptors (Lipinski definition) is 4. The lowest BCUT2D eigenvalue weighted by molar-refractivity contribution is 0.147. The van der Waals surface area contributed by atoms with Crippen LogP contribution in [0.5, 0.6) is 0 Å². The summed E-state index contributed by atoms with van der Waals surface area (Å²) in [5.41, 5.74) is 1.00. The molecule has 9 heteroatoms. The average Bonchev–Trinajstić information content (AvgIpc) is 2.71. The molecule has 0 saturated carbocycles. The summed E-state index contributed by atoms with van der Waals surface area (Å²) < 4.78 is 25.5. The van der Waals surface area contributed by atoms with Gasteiger partial charge in [0.25, 0.3) is 0 Å². The highest BCUT2D eigenvalue weighted by Crippen LogP contribution is 2.18. The number of nitrogens with zero attached hydrogens (tertiary/aromatic N) is 3. The van der Waals surface area contributed by atoms with E-state index in [2.05, 4.69) is 27.4 Å². The second-order valence-electron chi connectivity index (χ2n) is 7.38. The summed E-state index contributed by atoms with van der Waals surface area (Å²) >= 11 is 0. The SMILES string of the molecule is CCC1CCCCN1CCNC(=NC)NCc1ccc(S(=O)(=O)N(C)C)cc1.I. The summed E-state index contributed by atoms with van der Waals surface area (Å²) in [6.45, 7) is 5.93. The van der Waals surface area contributed by atoms with Gasteiger partial charge in [-0.2, -0.15) is 0 Å². The zero-order valence-electron chi connectivity index (χ0n) is 18.0. The predicted octanol–water partition coefficient (Wildman–Crippen LogP) is 2.48. The summed E-state index contributed by atoms with van der Waals surface area (Å²) in [7, 11) is 1.44. The molecule has 1 heterocycles. The molecule has 1 unspecified atom stereocenters. The number of halogens is 1. The van der Waals surface area contributed by atoms with Crippen LogP contribution >= 0.6 is 24.0 Å². The van der Waals surface area contributed by atoms with Crippen molar-refractivity contribution in [1.29, 1.82) is 0 Å². The number of likely N-dealkylation sites (tertiary alicyclic amines) is 1. The number of sulfonamides is 1. The van der Waals surface area contributed by atoms with Gasteiger partial charge in [-0.15, -0.1) is 24.0 Å². The second-order valence-corrected chi connectivity index (χ2v) is 9.53. The van der Waals surface area contributed by atoms with Gasteiger partial charge in [0.1, 0.15) is 0 Å². The van der Waals surface area contributed by atoms with Crippen LogP contribution in [0.4, 0.5) is 0 Å². The third kappa shape index (κ3) is 7.69. The monoisotopic (exact) mass is 537 g/mol. The number of piperidine rings is 1. The van der Waals surface area contributed by atoms with Crippen molar-refractivity contribution in [2.24, 2.45) is 4.99 Å². The number of benzene rings is 1. The molecule has 0 amide bonds. The van der Waals surface area contributed by atoms with E-state index in [-0.39, 0.29) is 24.0 Å². The average molecular weight is 538 g/mol. The first kappa shape index (κ1) is 26.1. The Hall–Kier alpha value is -0.910. The summed E-state index contributed by atoms with van der Waals surface area (Å²) in [5.74, 6) is 0.759. The number of rotatable bonds is 8. The molecule has 1 aromatic carbocycles. The van der Waals surface area contributed by atoms with Crippen LogP contribution in [-0.4, -0.2) is 70.4 Å². The van der Waals surface area contributed by atoms with Crippen LogP contribution in [0.25, 0.3) is 0 Å². The van der Waals surface area contributed by atoms with Gasteiger partial charge in [0.2, 0.25) is 10.0 Å². The van der Waals surface area contributed by atoms with Gasteiger partial charge in [0, 0.05) is 46.8 Å². The minimum atomic E-state index is -3.39. The molecular weight excluding hydrogens is 501 g/mol. The Kier molecular flexibility index (Phi) is 11.4. The van der Waals surface area contributed by atoms with Crippen LogP contribution in [-0.2, 0) is 16.6 Å². The molecule has 1 atom stereocenters. The molecular formula is C20H36IN5O2S. The lowest BCUT2D eigenvalue weighted by atomic mass is 10.0. The fourth-order valence-electron chi connectivity index (χ4n) is 3.53. The van der Waals surface area contributed by atoms with E-state index in [1.54, 1.807) is 19.2 Å². The molecule has 166 valence electrons. The number of nitrogens with one attached hydrogen (secondary N) is 2. The summed E-state index contributed by atoms with van der Waals surface area (Å²) in [5, 5.41) is 6.67. The Morgan fingerprint density at radius 3 is 2.48 bits per heavy atom. The van der Waals surface area contributed by atoms with Crippen molar-refractivity contribution in [3.63, 3.8) is 0 Å².